The molecule has 3 amide bonds. The van der Waals surface area contributed by atoms with Crippen molar-refractivity contribution in [3.8, 4) is 5.75 Å². The van der Waals surface area contributed by atoms with Crippen LogP contribution in [0.5, 0.6) is 5.75 Å². The fraction of sp³-hybridized carbons (Fsp3) is 0.360. The van der Waals surface area contributed by atoms with Gasteiger partial charge in [0.2, 0.25) is 5.91 Å². The molecule has 1 heterocycles. The maximum absolute atomic E-state index is 12.5. The molecule has 1 saturated heterocycles. The van der Waals surface area contributed by atoms with Gasteiger partial charge in [0.15, 0.2) is 6.61 Å². The number of hydrazine groups is 1. The maximum Gasteiger partial charge on any atom is 0.311 e. The molecule has 0 bridgehead atoms. The average molecular weight is 468 g/mol. The van der Waals surface area contributed by atoms with Crippen molar-refractivity contribution < 1.29 is 28.7 Å². The molecule has 34 heavy (non-hydrogen) atoms. The molecule has 0 radical (unpaired) electrons. The summed E-state index contributed by atoms with van der Waals surface area (Å²) in [4.78, 5) is 49.8. The minimum atomic E-state index is -0.785. The summed E-state index contributed by atoms with van der Waals surface area (Å²) in [5, 5.41) is 3.93. The van der Waals surface area contributed by atoms with Crippen LogP contribution in [0.25, 0.3) is 0 Å². The van der Waals surface area contributed by atoms with Crippen LogP contribution in [0.15, 0.2) is 42.5 Å². The number of hydrogen-bond acceptors (Lipinski definition) is 6. The van der Waals surface area contributed by atoms with Gasteiger partial charge < -0.3 is 14.8 Å². The van der Waals surface area contributed by atoms with E-state index in [2.05, 4.69) is 10.7 Å². The number of methoxy groups -OCH3 is 1. The van der Waals surface area contributed by atoms with E-state index in [0.717, 1.165) is 34.7 Å². The minimum absolute atomic E-state index is 0.0428. The van der Waals surface area contributed by atoms with Gasteiger partial charge in [-0.1, -0.05) is 44.2 Å². The molecule has 0 spiro atoms. The van der Waals surface area contributed by atoms with Gasteiger partial charge in [0, 0.05) is 12.1 Å². The highest BCUT2D eigenvalue weighted by Crippen LogP contribution is 2.23. The monoisotopic (exact) mass is 467 g/mol. The molecule has 9 nitrogen and oxygen atoms in total. The lowest BCUT2D eigenvalue weighted by atomic mass is 10.0. The number of anilines is 1. The summed E-state index contributed by atoms with van der Waals surface area (Å²) in [6, 6.07) is 12.4. The van der Waals surface area contributed by atoms with Gasteiger partial charge in [0.05, 0.1) is 25.1 Å². The van der Waals surface area contributed by atoms with E-state index in [1.165, 1.54) is 7.11 Å². The van der Waals surface area contributed by atoms with Crippen molar-refractivity contribution >= 4 is 29.4 Å². The van der Waals surface area contributed by atoms with Crippen LogP contribution in [0.3, 0.4) is 0 Å². The van der Waals surface area contributed by atoms with Crippen LogP contribution in [0.4, 0.5) is 5.69 Å². The molecular formula is C25H29N3O6. The first-order valence-electron chi connectivity index (χ1n) is 11.2. The van der Waals surface area contributed by atoms with Crippen LogP contribution in [0.1, 0.15) is 41.8 Å². The second-order valence-corrected chi connectivity index (χ2v) is 7.86. The highest BCUT2D eigenvalue weighted by atomic mass is 16.5. The van der Waals surface area contributed by atoms with E-state index < -0.39 is 36.2 Å². The first-order chi connectivity index (χ1) is 16.4. The van der Waals surface area contributed by atoms with Crippen LogP contribution in [0, 0.1) is 5.92 Å². The molecule has 0 unspecified atom stereocenters. The number of aryl methyl sites for hydroxylation is 2. The molecule has 1 aliphatic heterocycles. The quantitative estimate of drug-likeness (QED) is 0.548. The Kier molecular flexibility index (Phi) is 8.24. The lowest BCUT2D eigenvalue weighted by Gasteiger charge is -2.18. The van der Waals surface area contributed by atoms with Crippen LogP contribution >= 0.6 is 0 Å². The molecular weight excluding hydrogens is 438 g/mol. The zero-order chi connectivity index (χ0) is 24.7. The second kappa shape index (κ2) is 11.3. The first-order valence-corrected chi connectivity index (χ1v) is 11.2. The summed E-state index contributed by atoms with van der Waals surface area (Å²) in [5.41, 5.74) is 5.52. The van der Waals surface area contributed by atoms with Crippen molar-refractivity contribution in [3.63, 3.8) is 0 Å². The van der Waals surface area contributed by atoms with Crippen molar-refractivity contribution in [2.75, 3.05) is 25.6 Å². The predicted octanol–water partition coefficient (Wildman–Crippen LogP) is 2.50. The Morgan fingerprint density at radius 1 is 1.03 bits per heavy atom. The summed E-state index contributed by atoms with van der Waals surface area (Å²) < 4.78 is 10.3. The van der Waals surface area contributed by atoms with E-state index >= 15 is 0 Å². The van der Waals surface area contributed by atoms with Gasteiger partial charge in [0.1, 0.15) is 5.75 Å². The van der Waals surface area contributed by atoms with E-state index in [4.69, 9.17) is 9.47 Å². The Labute approximate surface area is 198 Å². The van der Waals surface area contributed by atoms with Gasteiger partial charge in [-0.2, -0.15) is 0 Å². The van der Waals surface area contributed by atoms with E-state index in [1.54, 1.807) is 24.3 Å². The summed E-state index contributed by atoms with van der Waals surface area (Å²) in [6.07, 6.45) is 1.39. The van der Waals surface area contributed by atoms with Gasteiger partial charge in [-0.25, -0.2) is 0 Å². The third-order valence-corrected chi connectivity index (χ3v) is 5.66. The number of nitrogens with one attached hydrogen (secondary N) is 2. The number of carbonyl (C=O) groups excluding carboxylic acids is 4. The number of benzene rings is 2. The largest absolute Gasteiger partial charge is 0.496 e. The number of para-hydroxylation sites is 2. The molecule has 1 atom stereocenters. The van der Waals surface area contributed by atoms with Crippen molar-refractivity contribution in [2.24, 2.45) is 5.92 Å². The van der Waals surface area contributed by atoms with Gasteiger partial charge in [0.25, 0.3) is 11.8 Å². The Balaban J connectivity index is 1.54. The van der Waals surface area contributed by atoms with Crippen molar-refractivity contribution in [1.82, 2.24) is 10.4 Å². The fourth-order valence-corrected chi connectivity index (χ4v) is 3.82. The SMILES string of the molecule is CCc1cccc(CC)c1NC(=O)COC(=O)[C@H]1CC(=O)N(NC(=O)c2ccccc2OC)C1. The normalized spacial score (nSPS) is 15.1. The number of ether oxygens (including phenoxy) is 2. The van der Waals surface area contributed by atoms with Gasteiger partial charge in [-0.15, -0.1) is 0 Å². The number of carbonyl (C=O) groups is 4. The Morgan fingerprint density at radius 2 is 1.71 bits per heavy atom. The van der Waals surface area contributed by atoms with E-state index in [1.807, 2.05) is 32.0 Å². The second-order valence-electron chi connectivity index (χ2n) is 7.86. The number of amides is 3. The Morgan fingerprint density at radius 3 is 2.35 bits per heavy atom. The van der Waals surface area contributed by atoms with Crippen molar-refractivity contribution in [3.05, 3.63) is 59.2 Å². The van der Waals surface area contributed by atoms with Crippen molar-refractivity contribution in [1.29, 1.82) is 0 Å². The van der Waals surface area contributed by atoms with E-state index in [-0.39, 0.29) is 18.5 Å². The summed E-state index contributed by atoms with van der Waals surface area (Å²) in [7, 11) is 1.44. The molecule has 3 rings (SSSR count). The molecule has 0 saturated carbocycles. The summed E-state index contributed by atoms with van der Waals surface area (Å²) >= 11 is 0. The maximum atomic E-state index is 12.5. The highest BCUT2D eigenvalue weighted by Gasteiger charge is 2.37. The number of nitrogens with zero attached hydrogens (tertiary/aromatic N) is 1. The smallest absolute Gasteiger partial charge is 0.311 e. The zero-order valence-corrected chi connectivity index (χ0v) is 19.6. The van der Waals surface area contributed by atoms with Crippen LogP contribution in [-0.4, -0.2) is 49.0 Å². The molecule has 0 aliphatic carbocycles. The van der Waals surface area contributed by atoms with Gasteiger partial charge in [-0.05, 0) is 36.1 Å². The topological polar surface area (TPSA) is 114 Å². The number of hydrogen-bond donors (Lipinski definition) is 2. The lowest BCUT2D eigenvalue weighted by Crippen LogP contribution is -2.43. The Bertz CT molecular complexity index is 1060. The molecule has 2 N–H and O–H groups in total. The fourth-order valence-electron chi connectivity index (χ4n) is 3.82. The molecule has 180 valence electrons. The predicted molar refractivity (Wildman–Crippen MR) is 125 cm³/mol. The zero-order valence-electron chi connectivity index (χ0n) is 19.6. The standard InChI is InChI=1S/C25H29N3O6/c1-4-16-9-8-10-17(5-2)23(16)26-21(29)15-34-25(32)18-13-22(30)28(14-18)27-24(31)19-11-6-7-12-20(19)33-3/h6-12,18H,4-5,13-15H2,1-3H3,(H,26,29)(H,27,31)/t18-/m0/s1. The molecule has 0 aromatic heterocycles. The summed E-state index contributed by atoms with van der Waals surface area (Å²) in [6.45, 7) is 3.50. The molecule has 2 aromatic carbocycles. The molecule has 1 fully saturated rings. The van der Waals surface area contributed by atoms with Crippen LogP contribution in [0.2, 0.25) is 0 Å². The average Bonchev–Trinajstić information content (AvgIpc) is 3.22. The number of esters is 1. The number of rotatable bonds is 9. The van der Waals surface area contributed by atoms with Gasteiger partial charge in [-0.3, -0.25) is 29.6 Å². The van der Waals surface area contributed by atoms with Crippen molar-refractivity contribution in [2.45, 2.75) is 33.1 Å². The molecule has 1 aliphatic rings. The van der Waals surface area contributed by atoms with E-state index in [0.29, 0.717) is 5.75 Å². The van der Waals surface area contributed by atoms with Crippen LogP contribution in [-0.2, 0) is 32.0 Å². The minimum Gasteiger partial charge on any atom is -0.496 e. The molecule has 2 aromatic rings. The third-order valence-electron chi connectivity index (χ3n) is 5.66. The lowest BCUT2D eigenvalue weighted by molar-refractivity contribution is -0.151. The highest BCUT2D eigenvalue weighted by molar-refractivity contribution is 5.99. The first kappa shape index (κ1) is 24.8. The van der Waals surface area contributed by atoms with Gasteiger partial charge >= 0.3 is 5.97 Å². The van der Waals surface area contributed by atoms with E-state index in [9.17, 15) is 19.2 Å². The van der Waals surface area contributed by atoms with Crippen LogP contribution < -0.4 is 15.5 Å². The Hall–Kier alpha value is -3.88. The third kappa shape index (κ3) is 5.72. The summed E-state index contributed by atoms with van der Waals surface area (Å²) in [5.74, 6) is -2.48. The molecule has 9 heteroatoms.